The summed E-state index contributed by atoms with van der Waals surface area (Å²) < 4.78 is 5.86. The van der Waals surface area contributed by atoms with E-state index in [0.29, 0.717) is 19.6 Å². The van der Waals surface area contributed by atoms with Gasteiger partial charge in [-0.1, -0.05) is 55.5 Å². The van der Waals surface area contributed by atoms with E-state index in [0.717, 1.165) is 16.9 Å². The SMILES string of the molecule is CC[C@H](N)C(=O)NCc1ccccc1OCc1ccccc1.Cl. The van der Waals surface area contributed by atoms with Crippen LogP contribution in [-0.4, -0.2) is 11.9 Å². The molecular weight excluding hydrogens is 312 g/mol. The first-order valence-corrected chi connectivity index (χ1v) is 7.48. The zero-order chi connectivity index (χ0) is 15.8. The van der Waals surface area contributed by atoms with Crippen molar-refractivity contribution in [3.8, 4) is 5.75 Å². The van der Waals surface area contributed by atoms with E-state index in [1.807, 2.05) is 61.5 Å². The van der Waals surface area contributed by atoms with Crippen LogP contribution >= 0.6 is 12.4 Å². The summed E-state index contributed by atoms with van der Waals surface area (Å²) in [6, 6.07) is 17.2. The number of hydrogen-bond acceptors (Lipinski definition) is 3. The van der Waals surface area contributed by atoms with Crippen LogP contribution < -0.4 is 15.8 Å². The highest BCUT2D eigenvalue weighted by atomic mass is 35.5. The molecule has 5 heteroatoms. The molecule has 2 aromatic carbocycles. The van der Waals surface area contributed by atoms with Crippen molar-refractivity contribution in [3.63, 3.8) is 0 Å². The minimum Gasteiger partial charge on any atom is -0.489 e. The van der Waals surface area contributed by atoms with Crippen molar-refractivity contribution in [1.82, 2.24) is 5.32 Å². The first-order chi connectivity index (χ1) is 10.7. The zero-order valence-electron chi connectivity index (χ0n) is 13.2. The highest BCUT2D eigenvalue weighted by molar-refractivity contribution is 5.85. The first kappa shape index (κ1) is 19.0. The van der Waals surface area contributed by atoms with E-state index in [2.05, 4.69) is 5.32 Å². The maximum Gasteiger partial charge on any atom is 0.237 e. The number of carbonyl (C=O) groups excluding carboxylic acids is 1. The summed E-state index contributed by atoms with van der Waals surface area (Å²) in [7, 11) is 0. The molecule has 1 atom stereocenters. The van der Waals surface area contributed by atoms with Gasteiger partial charge in [-0.25, -0.2) is 0 Å². The summed E-state index contributed by atoms with van der Waals surface area (Å²) in [5, 5.41) is 2.84. The van der Waals surface area contributed by atoms with Gasteiger partial charge in [0, 0.05) is 12.1 Å². The molecule has 0 aliphatic heterocycles. The molecule has 0 aliphatic rings. The van der Waals surface area contributed by atoms with E-state index in [-0.39, 0.29) is 18.3 Å². The predicted molar refractivity (Wildman–Crippen MR) is 94.6 cm³/mol. The van der Waals surface area contributed by atoms with Crippen molar-refractivity contribution in [2.45, 2.75) is 32.5 Å². The summed E-state index contributed by atoms with van der Waals surface area (Å²) >= 11 is 0. The number of halogens is 1. The predicted octanol–water partition coefficient (Wildman–Crippen LogP) is 3.04. The van der Waals surface area contributed by atoms with E-state index in [4.69, 9.17) is 10.5 Å². The number of nitrogens with two attached hydrogens (primary N) is 1. The molecule has 2 aromatic rings. The molecule has 3 N–H and O–H groups in total. The van der Waals surface area contributed by atoms with Crippen LogP contribution in [0, 0.1) is 0 Å². The summed E-state index contributed by atoms with van der Waals surface area (Å²) in [6.07, 6.45) is 0.623. The molecule has 23 heavy (non-hydrogen) atoms. The molecule has 0 saturated carbocycles. The van der Waals surface area contributed by atoms with Crippen molar-refractivity contribution in [1.29, 1.82) is 0 Å². The summed E-state index contributed by atoms with van der Waals surface area (Å²) in [5.41, 5.74) is 7.76. The van der Waals surface area contributed by atoms with E-state index in [1.54, 1.807) is 0 Å². The third-order valence-electron chi connectivity index (χ3n) is 3.44. The van der Waals surface area contributed by atoms with Crippen LogP contribution in [0.2, 0.25) is 0 Å². The van der Waals surface area contributed by atoms with E-state index in [9.17, 15) is 4.79 Å². The van der Waals surface area contributed by atoms with Crippen molar-refractivity contribution < 1.29 is 9.53 Å². The molecular formula is C18H23ClN2O2. The Hall–Kier alpha value is -2.04. The van der Waals surface area contributed by atoms with Crippen LogP contribution in [0.25, 0.3) is 0 Å². The minimum atomic E-state index is -0.461. The lowest BCUT2D eigenvalue weighted by Crippen LogP contribution is -2.39. The van der Waals surface area contributed by atoms with Gasteiger partial charge < -0.3 is 15.8 Å². The molecule has 0 unspecified atom stereocenters. The largest absolute Gasteiger partial charge is 0.489 e. The van der Waals surface area contributed by atoms with E-state index in [1.165, 1.54) is 0 Å². The van der Waals surface area contributed by atoms with Gasteiger partial charge in [0.2, 0.25) is 5.91 Å². The Morgan fingerprint density at radius 1 is 1.13 bits per heavy atom. The molecule has 0 saturated heterocycles. The number of nitrogens with one attached hydrogen (secondary N) is 1. The van der Waals surface area contributed by atoms with Crippen LogP contribution in [0.3, 0.4) is 0 Å². The molecule has 124 valence electrons. The lowest BCUT2D eigenvalue weighted by Gasteiger charge is -2.14. The fourth-order valence-corrected chi connectivity index (χ4v) is 2.02. The highest BCUT2D eigenvalue weighted by Gasteiger charge is 2.11. The number of para-hydroxylation sites is 1. The smallest absolute Gasteiger partial charge is 0.237 e. The number of ether oxygens (including phenoxy) is 1. The normalized spacial score (nSPS) is 11.2. The lowest BCUT2D eigenvalue weighted by molar-refractivity contribution is -0.122. The Kier molecular flexibility index (Phi) is 8.16. The number of benzene rings is 2. The van der Waals surface area contributed by atoms with Crippen molar-refractivity contribution in [3.05, 3.63) is 65.7 Å². The van der Waals surface area contributed by atoms with Gasteiger partial charge in [-0.2, -0.15) is 0 Å². The molecule has 0 heterocycles. The van der Waals surface area contributed by atoms with E-state index >= 15 is 0 Å². The third kappa shape index (κ3) is 5.93. The Bertz CT molecular complexity index is 605. The molecule has 1 amide bonds. The molecule has 0 aliphatic carbocycles. The fourth-order valence-electron chi connectivity index (χ4n) is 2.02. The zero-order valence-corrected chi connectivity index (χ0v) is 14.0. The number of hydrogen-bond donors (Lipinski definition) is 2. The topological polar surface area (TPSA) is 64.4 Å². The first-order valence-electron chi connectivity index (χ1n) is 7.48. The Morgan fingerprint density at radius 3 is 2.48 bits per heavy atom. The number of rotatable bonds is 7. The number of amides is 1. The second kappa shape index (κ2) is 9.87. The average molecular weight is 335 g/mol. The maximum atomic E-state index is 11.8. The molecule has 0 fully saturated rings. The Balaban J connectivity index is 0.00000264. The van der Waals surface area contributed by atoms with Gasteiger partial charge in [-0.05, 0) is 18.1 Å². The van der Waals surface area contributed by atoms with Crippen molar-refractivity contribution in [2.24, 2.45) is 5.73 Å². The minimum absolute atomic E-state index is 0. The molecule has 2 rings (SSSR count). The van der Waals surface area contributed by atoms with Gasteiger partial charge in [0.1, 0.15) is 12.4 Å². The van der Waals surface area contributed by atoms with Gasteiger partial charge in [0.15, 0.2) is 0 Å². The Labute approximate surface area is 143 Å². The summed E-state index contributed by atoms with van der Waals surface area (Å²) in [5.74, 6) is 0.636. The van der Waals surface area contributed by atoms with Gasteiger partial charge in [-0.3, -0.25) is 4.79 Å². The average Bonchev–Trinajstić information content (AvgIpc) is 2.58. The fraction of sp³-hybridized carbons (Fsp3) is 0.278. The Morgan fingerprint density at radius 2 is 1.78 bits per heavy atom. The second-order valence-electron chi connectivity index (χ2n) is 5.11. The highest BCUT2D eigenvalue weighted by Crippen LogP contribution is 2.19. The van der Waals surface area contributed by atoms with Crippen LogP contribution in [0.15, 0.2) is 54.6 Å². The van der Waals surface area contributed by atoms with Gasteiger partial charge >= 0.3 is 0 Å². The summed E-state index contributed by atoms with van der Waals surface area (Å²) in [6.45, 7) is 2.80. The van der Waals surface area contributed by atoms with Crippen LogP contribution in [0.4, 0.5) is 0 Å². The maximum absolute atomic E-state index is 11.8. The van der Waals surface area contributed by atoms with Crippen molar-refractivity contribution >= 4 is 18.3 Å². The van der Waals surface area contributed by atoms with Crippen molar-refractivity contribution in [2.75, 3.05) is 0 Å². The van der Waals surface area contributed by atoms with Gasteiger partial charge in [0.05, 0.1) is 6.04 Å². The van der Waals surface area contributed by atoms with Gasteiger partial charge in [0.25, 0.3) is 0 Å². The van der Waals surface area contributed by atoms with E-state index < -0.39 is 6.04 Å². The quantitative estimate of drug-likeness (QED) is 0.818. The van der Waals surface area contributed by atoms with Crippen LogP contribution in [-0.2, 0) is 17.9 Å². The second-order valence-corrected chi connectivity index (χ2v) is 5.11. The standard InChI is InChI=1S/C18H22N2O2.ClH/c1-2-16(19)18(21)20-12-15-10-6-7-11-17(15)22-13-14-8-4-3-5-9-14;/h3-11,16H,2,12-13,19H2,1H3,(H,20,21);1H/t16-;/m0./s1. The van der Waals surface area contributed by atoms with Crippen LogP contribution in [0.1, 0.15) is 24.5 Å². The van der Waals surface area contributed by atoms with Crippen LogP contribution in [0.5, 0.6) is 5.75 Å². The lowest BCUT2D eigenvalue weighted by atomic mass is 10.1. The molecule has 0 bridgehead atoms. The number of carbonyl (C=O) groups is 1. The third-order valence-corrected chi connectivity index (χ3v) is 3.44. The molecule has 0 aromatic heterocycles. The monoisotopic (exact) mass is 334 g/mol. The summed E-state index contributed by atoms with van der Waals surface area (Å²) in [4.78, 5) is 11.8. The molecule has 4 nitrogen and oxygen atoms in total. The molecule has 0 spiro atoms. The molecule has 0 radical (unpaired) electrons. The van der Waals surface area contributed by atoms with Gasteiger partial charge in [-0.15, -0.1) is 12.4 Å².